The summed E-state index contributed by atoms with van der Waals surface area (Å²) in [7, 11) is 4.54. The van der Waals surface area contributed by atoms with Crippen molar-refractivity contribution >= 4 is 17.4 Å². The van der Waals surface area contributed by atoms with Gasteiger partial charge >= 0.3 is 0 Å². The Bertz CT molecular complexity index is 1250. The highest BCUT2D eigenvalue weighted by Crippen LogP contribution is 2.42. The second kappa shape index (κ2) is 9.70. The zero-order valence-electron chi connectivity index (χ0n) is 19.1. The molecule has 0 saturated carbocycles. The third kappa shape index (κ3) is 4.20. The maximum Gasteiger partial charge on any atom is 0.295 e. The van der Waals surface area contributed by atoms with Crippen LogP contribution in [0.2, 0.25) is 0 Å². The summed E-state index contributed by atoms with van der Waals surface area (Å²) in [6.07, 6.45) is 0. The van der Waals surface area contributed by atoms with Gasteiger partial charge in [0.2, 0.25) is 0 Å². The Balaban J connectivity index is 1.88. The van der Waals surface area contributed by atoms with Crippen LogP contribution >= 0.6 is 0 Å². The molecule has 174 valence electrons. The predicted molar refractivity (Wildman–Crippen MR) is 127 cm³/mol. The number of methoxy groups -OCH3 is 3. The van der Waals surface area contributed by atoms with Crippen molar-refractivity contribution in [2.45, 2.75) is 12.6 Å². The van der Waals surface area contributed by atoms with Gasteiger partial charge in [-0.15, -0.1) is 0 Å². The van der Waals surface area contributed by atoms with E-state index in [-0.39, 0.29) is 23.4 Å². The standard InChI is InChI=1S/C27H25NO6/c1-32-19-11-7-8-17(14-19)16-28-24(18-9-5-4-6-10-18)23(26(30)27(28)31)25(29)21-15-20(33-2)12-13-22(21)34-3/h4-15,24,29H,16H2,1-3H3/b25-23+. The van der Waals surface area contributed by atoms with Crippen molar-refractivity contribution in [2.24, 2.45) is 0 Å². The molecule has 1 aliphatic rings. The van der Waals surface area contributed by atoms with Crippen molar-refractivity contribution in [1.29, 1.82) is 0 Å². The number of benzene rings is 3. The number of amides is 1. The molecular formula is C27H25NO6. The zero-order chi connectivity index (χ0) is 24.2. The van der Waals surface area contributed by atoms with Crippen LogP contribution in [0, 0.1) is 0 Å². The first-order valence-electron chi connectivity index (χ1n) is 10.7. The Labute approximate surface area is 197 Å². The average Bonchev–Trinajstić information content (AvgIpc) is 3.13. The number of hydrogen-bond donors (Lipinski definition) is 1. The van der Waals surface area contributed by atoms with E-state index < -0.39 is 17.7 Å². The molecule has 34 heavy (non-hydrogen) atoms. The van der Waals surface area contributed by atoms with Crippen LogP contribution in [-0.4, -0.2) is 43.0 Å². The summed E-state index contributed by atoms with van der Waals surface area (Å²) in [6.45, 7) is 0.160. The quantitative estimate of drug-likeness (QED) is 0.322. The van der Waals surface area contributed by atoms with Gasteiger partial charge in [-0.05, 0) is 41.5 Å². The molecule has 0 spiro atoms. The molecule has 0 radical (unpaired) electrons. The van der Waals surface area contributed by atoms with Crippen LogP contribution in [0.5, 0.6) is 17.2 Å². The van der Waals surface area contributed by atoms with E-state index in [4.69, 9.17) is 14.2 Å². The SMILES string of the molecule is COc1cccc(CN2C(=O)C(=O)/C(=C(/O)c3cc(OC)ccc3OC)C2c2ccccc2)c1. The molecule has 1 aliphatic heterocycles. The summed E-state index contributed by atoms with van der Waals surface area (Å²) in [5.74, 6) is -0.310. The largest absolute Gasteiger partial charge is 0.507 e. The van der Waals surface area contributed by atoms with Crippen LogP contribution in [0.25, 0.3) is 5.76 Å². The fraction of sp³-hybridized carbons (Fsp3) is 0.185. The van der Waals surface area contributed by atoms with Gasteiger partial charge in [-0.2, -0.15) is 0 Å². The minimum absolute atomic E-state index is 0.00866. The fourth-order valence-corrected chi connectivity index (χ4v) is 4.14. The van der Waals surface area contributed by atoms with E-state index in [0.29, 0.717) is 22.8 Å². The Morgan fingerprint density at radius 3 is 2.24 bits per heavy atom. The Morgan fingerprint density at radius 1 is 0.853 bits per heavy atom. The molecule has 3 aromatic carbocycles. The number of hydrogen-bond acceptors (Lipinski definition) is 6. The maximum absolute atomic E-state index is 13.3. The highest BCUT2D eigenvalue weighted by Gasteiger charge is 2.46. The van der Waals surface area contributed by atoms with Crippen molar-refractivity contribution in [3.8, 4) is 17.2 Å². The highest BCUT2D eigenvalue weighted by molar-refractivity contribution is 6.46. The summed E-state index contributed by atoms with van der Waals surface area (Å²) in [5.41, 5.74) is 1.75. The molecule has 3 aromatic rings. The molecule has 1 fully saturated rings. The summed E-state index contributed by atoms with van der Waals surface area (Å²) >= 11 is 0. The molecule has 1 atom stereocenters. The van der Waals surface area contributed by atoms with E-state index in [1.807, 2.05) is 48.5 Å². The molecule has 0 bridgehead atoms. The van der Waals surface area contributed by atoms with Crippen LogP contribution in [0.3, 0.4) is 0 Å². The summed E-state index contributed by atoms with van der Waals surface area (Å²) in [5, 5.41) is 11.4. The first-order valence-corrected chi connectivity index (χ1v) is 10.7. The number of aliphatic hydroxyl groups is 1. The number of carbonyl (C=O) groups is 2. The molecule has 0 aliphatic carbocycles. The third-order valence-electron chi connectivity index (χ3n) is 5.80. The molecule has 1 N–H and O–H groups in total. The van der Waals surface area contributed by atoms with Crippen molar-refractivity contribution in [1.82, 2.24) is 4.90 Å². The van der Waals surface area contributed by atoms with E-state index in [2.05, 4.69) is 0 Å². The molecule has 1 heterocycles. The fourth-order valence-electron chi connectivity index (χ4n) is 4.14. The number of likely N-dealkylation sites (tertiary alicyclic amines) is 1. The van der Waals surface area contributed by atoms with Gasteiger partial charge in [-0.3, -0.25) is 9.59 Å². The zero-order valence-corrected chi connectivity index (χ0v) is 19.1. The lowest BCUT2D eigenvalue weighted by atomic mass is 9.95. The van der Waals surface area contributed by atoms with Gasteiger partial charge in [0, 0.05) is 6.54 Å². The molecule has 4 rings (SSSR count). The number of aliphatic hydroxyl groups excluding tert-OH is 1. The minimum atomic E-state index is -0.789. The summed E-state index contributed by atoms with van der Waals surface area (Å²) < 4.78 is 16.0. The van der Waals surface area contributed by atoms with Crippen molar-refractivity contribution in [3.05, 3.63) is 95.1 Å². The molecule has 1 saturated heterocycles. The third-order valence-corrected chi connectivity index (χ3v) is 5.80. The number of ketones is 1. The molecule has 1 unspecified atom stereocenters. The lowest BCUT2D eigenvalue weighted by Gasteiger charge is -2.25. The smallest absolute Gasteiger partial charge is 0.295 e. The molecule has 0 aromatic heterocycles. The lowest BCUT2D eigenvalue weighted by Crippen LogP contribution is -2.29. The van der Waals surface area contributed by atoms with Crippen LogP contribution in [0.15, 0.2) is 78.4 Å². The van der Waals surface area contributed by atoms with Crippen LogP contribution < -0.4 is 14.2 Å². The topological polar surface area (TPSA) is 85.3 Å². The Hall–Kier alpha value is -4.26. The van der Waals surface area contributed by atoms with Crippen molar-refractivity contribution in [3.63, 3.8) is 0 Å². The van der Waals surface area contributed by atoms with Crippen LogP contribution in [0.1, 0.15) is 22.7 Å². The van der Waals surface area contributed by atoms with E-state index >= 15 is 0 Å². The monoisotopic (exact) mass is 459 g/mol. The highest BCUT2D eigenvalue weighted by atomic mass is 16.5. The predicted octanol–water partition coefficient (Wildman–Crippen LogP) is 4.33. The second-order valence-electron chi connectivity index (χ2n) is 7.76. The lowest BCUT2D eigenvalue weighted by molar-refractivity contribution is -0.140. The molecule has 1 amide bonds. The van der Waals surface area contributed by atoms with Gasteiger partial charge in [-0.1, -0.05) is 42.5 Å². The minimum Gasteiger partial charge on any atom is -0.507 e. The maximum atomic E-state index is 13.3. The first-order chi connectivity index (χ1) is 16.5. The second-order valence-corrected chi connectivity index (χ2v) is 7.76. The molecule has 7 heteroatoms. The van der Waals surface area contributed by atoms with Gasteiger partial charge in [-0.25, -0.2) is 0 Å². The Kier molecular flexibility index (Phi) is 6.54. The number of ether oxygens (including phenoxy) is 3. The van der Waals surface area contributed by atoms with Gasteiger partial charge < -0.3 is 24.2 Å². The van der Waals surface area contributed by atoms with Gasteiger partial charge in [0.15, 0.2) is 0 Å². The summed E-state index contributed by atoms with van der Waals surface area (Å²) in [4.78, 5) is 28.0. The van der Waals surface area contributed by atoms with Crippen LogP contribution in [-0.2, 0) is 16.1 Å². The average molecular weight is 459 g/mol. The van der Waals surface area contributed by atoms with E-state index in [1.54, 1.807) is 31.4 Å². The number of carbonyl (C=O) groups excluding carboxylic acids is 2. The Morgan fingerprint density at radius 2 is 1.56 bits per heavy atom. The van der Waals surface area contributed by atoms with Gasteiger partial charge in [0.25, 0.3) is 11.7 Å². The number of nitrogens with zero attached hydrogens (tertiary/aromatic N) is 1. The van der Waals surface area contributed by atoms with E-state index in [9.17, 15) is 14.7 Å². The normalized spacial score (nSPS) is 17.0. The van der Waals surface area contributed by atoms with Gasteiger partial charge in [0.1, 0.15) is 23.0 Å². The van der Waals surface area contributed by atoms with Gasteiger partial charge in [0.05, 0.1) is 38.5 Å². The summed E-state index contributed by atoms with van der Waals surface area (Å²) in [6, 6.07) is 20.6. The van der Waals surface area contributed by atoms with Crippen molar-refractivity contribution < 1.29 is 28.9 Å². The molecule has 7 nitrogen and oxygen atoms in total. The number of Topliss-reactive ketones (excluding diaryl/α,β-unsaturated/α-hetero) is 1. The van der Waals surface area contributed by atoms with E-state index in [0.717, 1.165) is 5.56 Å². The van der Waals surface area contributed by atoms with E-state index in [1.165, 1.54) is 19.1 Å². The van der Waals surface area contributed by atoms with Crippen LogP contribution in [0.4, 0.5) is 0 Å². The molecular weight excluding hydrogens is 434 g/mol. The number of rotatable bonds is 7. The first kappa shape index (κ1) is 22.9. The van der Waals surface area contributed by atoms with Crippen molar-refractivity contribution in [2.75, 3.05) is 21.3 Å².